The Morgan fingerprint density at radius 2 is 1.77 bits per heavy atom. The van der Waals surface area contributed by atoms with Gasteiger partial charge in [-0.2, -0.15) is 0 Å². The number of nitrogens with one attached hydrogen (secondary N) is 1. The van der Waals surface area contributed by atoms with Crippen molar-refractivity contribution < 1.29 is 27.7 Å². The number of sulfone groups is 1. The molecule has 0 bridgehead atoms. The lowest BCUT2D eigenvalue weighted by atomic mass is 10.0. The van der Waals surface area contributed by atoms with Crippen LogP contribution in [0, 0.1) is 10.1 Å². The number of hydrogen-bond acceptors (Lipinski definition) is 10. The Balaban J connectivity index is 1.42. The molecule has 4 aromatic rings. The molecule has 0 aliphatic rings. The minimum atomic E-state index is -4.00. The predicted octanol–water partition coefficient (Wildman–Crippen LogP) is 3.42. The van der Waals surface area contributed by atoms with Crippen LogP contribution in [0.3, 0.4) is 0 Å². The van der Waals surface area contributed by atoms with Crippen LogP contribution in [0.1, 0.15) is 10.4 Å². The van der Waals surface area contributed by atoms with Gasteiger partial charge in [-0.15, -0.1) is 0 Å². The summed E-state index contributed by atoms with van der Waals surface area (Å²) in [7, 11) is -4.00. The molecule has 4 rings (SSSR count). The van der Waals surface area contributed by atoms with Gasteiger partial charge in [0.2, 0.25) is 9.84 Å². The molecule has 0 fully saturated rings. The number of fused-ring (bicyclic) bond motifs is 1. The number of benzene rings is 3. The summed E-state index contributed by atoms with van der Waals surface area (Å²) in [6.07, 6.45) is 1.06. The molecule has 3 N–H and O–H groups in total. The number of ether oxygens (including phenoxy) is 1. The standard InChI is InChI=1S/C22H16N4O7S2/c23-17-6-2-4-13-3-1-5-16(20(13)17)21(28)33-12-18(27)25-22-24-11-19(34-22)35(31,32)15-9-7-14(8-10-15)26(29)30/h1-11H,12,23H2,(H,24,25,27). The van der Waals surface area contributed by atoms with Gasteiger partial charge in [-0.25, -0.2) is 18.2 Å². The number of hydrogen-bond donors (Lipinski definition) is 2. The molecular formula is C22H16N4O7S2. The SMILES string of the molecule is Nc1cccc2cccc(C(=O)OCC(=O)Nc3ncc(S(=O)(=O)c4ccc([N+](=O)[O-])cc4)s3)c12. The largest absolute Gasteiger partial charge is 0.452 e. The Labute approximate surface area is 202 Å². The molecule has 0 unspecified atom stereocenters. The minimum absolute atomic E-state index is 0.0269. The molecule has 3 aromatic carbocycles. The van der Waals surface area contributed by atoms with E-state index in [-0.39, 0.29) is 25.5 Å². The summed E-state index contributed by atoms with van der Waals surface area (Å²) in [6.45, 7) is -0.633. The van der Waals surface area contributed by atoms with Gasteiger partial charge in [0.05, 0.1) is 21.6 Å². The zero-order valence-electron chi connectivity index (χ0n) is 17.7. The van der Waals surface area contributed by atoms with E-state index in [1.165, 1.54) is 6.07 Å². The number of amides is 1. The molecule has 178 valence electrons. The number of nitrogens with zero attached hydrogens (tertiary/aromatic N) is 2. The highest BCUT2D eigenvalue weighted by atomic mass is 32.2. The Bertz CT molecular complexity index is 1560. The van der Waals surface area contributed by atoms with Gasteiger partial charge in [0, 0.05) is 23.2 Å². The van der Waals surface area contributed by atoms with Crippen LogP contribution < -0.4 is 11.1 Å². The van der Waals surface area contributed by atoms with Gasteiger partial charge in [-0.1, -0.05) is 35.6 Å². The van der Waals surface area contributed by atoms with E-state index in [0.29, 0.717) is 22.4 Å². The lowest BCUT2D eigenvalue weighted by Crippen LogP contribution is -2.21. The molecule has 0 spiro atoms. The van der Waals surface area contributed by atoms with Gasteiger partial charge in [-0.3, -0.25) is 20.2 Å². The highest BCUT2D eigenvalue weighted by Crippen LogP contribution is 2.29. The summed E-state index contributed by atoms with van der Waals surface area (Å²) in [5, 5.41) is 14.4. The minimum Gasteiger partial charge on any atom is -0.452 e. The number of esters is 1. The van der Waals surface area contributed by atoms with Crippen LogP contribution in [0.15, 0.2) is 76.0 Å². The summed E-state index contributed by atoms with van der Waals surface area (Å²) >= 11 is 0.686. The molecule has 0 aliphatic heterocycles. The fourth-order valence-corrected chi connectivity index (χ4v) is 5.66. The number of carbonyl (C=O) groups is 2. The number of nitro groups is 1. The summed E-state index contributed by atoms with van der Waals surface area (Å²) in [5.74, 6) is -1.47. The number of carbonyl (C=O) groups excluding carboxylic acids is 2. The quantitative estimate of drug-likeness (QED) is 0.163. The molecule has 0 aliphatic carbocycles. The second kappa shape index (κ2) is 9.48. The third-order valence-corrected chi connectivity index (χ3v) is 7.99. The molecule has 35 heavy (non-hydrogen) atoms. The van der Waals surface area contributed by atoms with Crippen LogP contribution in [-0.2, 0) is 19.4 Å². The molecule has 0 atom stereocenters. The molecule has 0 radical (unpaired) electrons. The van der Waals surface area contributed by atoms with E-state index in [2.05, 4.69) is 10.3 Å². The average molecular weight is 513 g/mol. The van der Waals surface area contributed by atoms with Crippen molar-refractivity contribution >= 4 is 60.3 Å². The maximum absolute atomic E-state index is 12.7. The van der Waals surface area contributed by atoms with E-state index in [4.69, 9.17) is 10.5 Å². The first-order valence-corrected chi connectivity index (χ1v) is 12.2. The second-order valence-corrected chi connectivity index (χ2v) is 10.3. The molecule has 0 saturated carbocycles. The Hall–Kier alpha value is -4.36. The fourth-order valence-electron chi connectivity index (χ4n) is 3.21. The van der Waals surface area contributed by atoms with Crippen molar-refractivity contribution in [3.8, 4) is 0 Å². The lowest BCUT2D eigenvalue weighted by Gasteiger charge is -2.09. The van der Waals surface area contributed by atoms with Crippen molar-refractivity contribution in [2.75, 3.05) is 17.7 Å². The first-order valence-electron chi connectivity index (χ1n) is 9.86. The van der Waals surface area contributed by atoms with Crippen molar-refractivity contribution in [3.05, 3.63) is 82.5 Å². The average Bonchev–Trinajstić information content (AvgIpc) is 3.31. The second-order valence-electron chi connectivity index (χ2n) is 7.11. The van der Waals surface area contributed by atoms with Crippen molar-refractivity contribution in [1.29, 1.82) is 0 Å². The number of thiazole rings is 1. The third kappa shape index (κ3) is 4.95. The van der Waals surface area contributed by atoms with Crippen molar-refractivity contribution in [3.63, 3.8) is 0 Å². The highest BCUT2D eigenvalue weighted by molar-refractivity contribution is 7.93. The number of nitrogen functional groups attached to an aromatic ring is 1. The van der Waals surface area contributed by atoms with Gasteiger partial charge in [0.25, 0.3) is 11.6 Å². The molecule has 11 nitrogen and oxygen atoms in total. The monoisotopic (exact) mass is 512 g/mol. The van der Waals surface area contributed by atoms with E-state index in [0.717, 1.165) is 35.8 Å². The van der Waals surface area contributed by atoms with Gasteiger partial charge < -0.3 is 10.5 Å². The van der Waals surface area contributed by atoms with E-state index in [9.17, 15) is 28.1 Å². The highest BCUT2D eigenvalue weighted by Gasteiger charge is 2.23. The van der Waals surface area contributed by atoms with E-state index in [1.807, 2.05) is 0 Å². The third-order valence-electron chi connectivity index (χ3n) is 4.84. The van der Waals surface area contributed by atoms with Crippen molar-refractivity contribution in [2.24, 2.45) is 0 Å². The van der Waals surface area contributed by atoms with Crippen LogP contribution in [-0.4, -0.2) is 36.8 Å². The summed E-state index contributed by atoms with van der Waals surface area (Å²) < 4.78 is 30.4. The van der Waals surface area contributed by atoms with Crippen LogP contribution in [0.25, 0.3) is 10.8 Å². The molecule has 0 saturated heterocycles. The number of nitrogens with two attached hydrogens (primary N) is 1. The predicted molar refractivity (Wildman–Crippen MR) is 128 cm³/mol. The summed E-state index contributed by atoms with van der Waals surface area (Å²) in [5.41, 5.74) is 6.33. The van der Waals surface area contributed by atoms with Gasteiger partial charge in [0.15, 0.2) is 11.7 Å². The molecule has 13 heteroatoms. The van der Waals surface area contributed by atoms with Crippen LogP contribution in [0.4, 0.5) is 16.5 Å². The maximum atomic E-state index is 12.7. The molecule has 1 heterocycles. The summed E-state index contributed by atoms with van der Waals surface area (Å²) in [4.78, 5) is 38.6. The van der Waals surface area contributed by atoms with E-state index >= 15 is 0 Å². The van der Waals surface area contributed by atoms with Gasteiger partial charge in [-0.05, 0) is 29.7 Å². The number of non-ortho nitro benzene ring substituents is 1. The molecule has 1 amide bonds. The normalized spacial score (nSPS) is 11.2. The van der Waals surface area contributed by atoms with Crippen LogP contribution in [0.2, 0.25) is 0 Å². The van der Waals surface area contributed by atoms with Gasteiger partial charge >= 0.3 is 5.97 Å². The first-order chi connectivity index (χ1) is 16.7. The zero-order chi connectivity index (χ0) is 25.2. The number of anilines is 2. The van der Waals surface area contributed by atoms with Crippen molar-refractivity contribution in [1.82, 2.24) is 4.98 Å². The number of rotatable bonds is 7. The van der Waals surface area contributed by atoms with Crippen LogP contribution in [0.5, 0.6) is 0 Å². The number of aromatic nitrogens is 1. The number of nitro benzene ring substituents is 1. The topological polar surface area (TPSA) is 172 Å². The van der Waals surface area contributed by atoms with Crippen molar-refractivity contribution in [2.45, 2.75) is 9.10 Å². The molecular weight excluding hydrogens is 496 g/mol. The Morgan fingerprint density at radius 3 is 2.46 bits per heavy atom. The fraction of sp³-hybridized carbons (Fsp3) is 0.0455. The van der Waals surface area contributed by atoms with Crippen LogP contribution >= 0.6 is 11.3 Å². The lowest BCUT2D eigenvalue weighted by molar-refractivity contribution is -0.384. The van der Waals surface area contributed by atoms with E-state index < -0.39 is 33.2 Å². The smallest absolute Gasteiger partial charge is 0.339 e. The first kappa shape index (κ1) is 23.8. The summed E-state index contributed by atoms with van der Waals surface area (Å²) in [6, 6.07) is 14.6. The van der Waals surface area contributed by atoms with Gasteiger partial charge in [0.1, 0.15) is 4.21 Å². The Morgan fingerprint density at radius 1 is 1.09 bits per heavy atom. The maximum Gasteiger partial charge on any atom is 0.339 e. The van der Waals surface area contributed by atoms with E-state index in [1.54, 1.807) is 30.3 Å². The Kier molecular flexibility index (Phi) is 6.44. The molecule has 1 aromatic heterocycles. The zero-order valence-corrected chi connectivity index (χ0v) is 19.3.